The van der Waals surface area contributed by atoms with Crippen LogP contribution < -0.4 is 5.73 Å². The zero-order chi connectivity index (χ0) is 14.3. The first kappa shape index (κ1) is 17.2. The van der Waals surface area contributed by atoms with Crippen LogP contribution in [0.1, 0.15) is 13.3 Å². The third-order valence-electron chi connectivity index (χ3n) is 2.61. The molecule has 0 aliphatic rings. The summed E-state index contributed by atoms with van der Waals surface area (Å²) in [6.45, 7) is 3.48. The molecule has 0 saturated carbocycles. The van der Waals surface area contributed by atoms with Gasteiger partial charge >= 0.3 is 6.18 Å². The van der Waals surface area contributed by atoms with Crippen molar-refractivity contribution in [3.05, 3.63) is 0 Å². The maximum Gasteiger partial charge on any atom is 0.399 e. The van der Waals surface area contributed by atoms with Crippen LogP contribution in [0, 0.1) is 11.3 Å². The van der Waals surface area contributed by atoms with Gasteiger partial charge in [0.1, 0.15) is 11.8 Å². The Labute approximate surface area is 106 Å². The normalized spacial score (nSPS) is 14.2. The molecule has 18 heavy (non-hydrogen) atoms. The van der Waals surface area contributed by atoms with E-state index in [-0.39, 0.29) is 6.54 Å². The van der Waals surface area contributed by atoms with Crippen molar-refractivity contribution in [2.24, 2.45) is 11.7 Å². The van der Waals surface area contributed by atoms with Gasteiger partial charge in [-0.2, -0.15) is 13.2 Å². The number of alkyl halides is 3. The summed E-state index contributed by atoms with van der Waals surface area (Å²) in [7, 11) is 3.74. The Morgan fingerprint density at radius 2 is 1.78 bits per heavy atom. The fourth-order valence-electron chi connectivity index (χ4n) is 1.59. The van der Waals surface area contributed by atoms with E-state index in [1.807, 2.05) is 25.9 Å². The molecule has 4 nitrogen and oxygen atoms in total. The third-order valence-corrected chi connectivity index (χ3v) is 2.61. The lowest BCUT2D eigenvalue weighted by Crippen LogP contribution is -2.45. The van der Waals surface area contributed by atoms with Crippen molar-refractivity contribution in [1.29, 1.82) is 5.41 Å². The standard InChI is InChI=1S/C11H23F3N4/c1-4-5-18(7-6-17(2)3)8-9(10(15)16)11(12,13)14/h9H,4-8H2,1-3H3,(H3,15,16). The predicted octanol–water partition coefficient (Wildman–Crippen LogP) is 1.37. The lowest BCUT2D eigenvalue weighted by Gasteiger charge is -2.28. The van der Waals surface area contributed by atoms with Gasteiger partial charge in [0.25, 0.3) is 0 Å². The summed E-state index contributed by atoms with van der Waals surface area (Å²) < 4.78 is 38.1. The zero-order valence-electron chi connectivity index (χ0n) is 11.2. The summed E-state index contributed by atoms with van der Waals surface area (Å²) in [4.78, 5) is 3.62. The smallest absolute Gasteiger partial charge is 0.387 e. The van der Waals surface area contributed by atoms with Crippen LogP contribution in [-0.4, -0.2) is 62.1 Å². The Kier molecular flexibility index (Phi) is 7.23. The van der Waals surface area contributed by atoms with E-state index in [0.29, 0.717) is 19.6 Å². The van der Waals surface area contributed by atoms with Gasteiger partial charge in [-0.3, -0.25) is 5.41 Å². The Bertz CT molecular complexity index is 253. The van der Waals surface area contributed by atoms with Gasteiger partial charge in [0, 0.05) is 19.6 Å². The number of nitrogens with two attached hydrogens (primary N) is 1. The fraction of sp³-hybridized carbons (Fsp3) is 0.909. The molecule has 0 fully saturated rings. The minimum atomic E-state index is -4.45. The monoisotopic (exact) mass is 268 g/mol. The highest BCUT2D eigenvalue weighted by Gasteiger charge is 2.42. The second-order valence-electron chi connectivity index (χ2n) is 4.65. The summed E-state index contributed by atoms with van der Waals surface area (Å²) in [5.41, 5.74) is 5.05. The molecule has 0 aromatic carbocycles. The van der Waals surface area contributed by atoms with E-state index in [4.69, 9.17) is 11.1 Å². The molecule has 3 N–H and O–H groups in total. The summed E-state index contributed by atoms with van der Waals surface area (Å²) in [5, 5.41) is 7.07. The van der Waals surface area contributed by atoms with Gasteiger partial charge in [-0.25, -0.2) is 0 Å². The number of likely N-dealkylation sites (N-methyl/N-ethyl adjacent to an activating group) is 1. The van der Waals surface area contributed by atoms with Crippen molar-refractivity contribution in [1.82, 2.24) is 9.80 Å². The number of nitrogens with one attached hydrogen (secondary N) is 1. The lowest BCUT2D eigenvalue weighted by molar-refractivity contribution is -0.160. The molecule has 0 rings (SSSR count). The molecule has 1 atom stereocenters. The van der Waals surface area contributed by atoms with Gasteiger partial charge in [0.15, 0.2) is 0 Å². The van der Waals surface area contributed by atoms with E-state index in [9.17, 15) is 13.2 Å². The van der Waals surface area contributed by atoms with Crippen molar-refractivity contribution < 1.29 is 13.2 Å². The second-order valence-corrected chi connectivity index (χ2v) is 4.65. The molecule has 0 aromatic rings. The number of nitrogens with zero attached hydrogens (tertiary/aromatic N) is 2. The highest BCUT2D eigenvalue weighted by molar-refractivity contribution is 5.80. The Morgan fingerprint density at radius 3 is 2.11 bits per heavy atom. The highest BCUT2D eigenvalue weighted by atomic mass is 19.4. The van der Waals surface area contributed by atoms with Crippen LogP contribution in [0.2, 0.25) is 0 Å². The highest BCUT2D eigenvalue weighted by Crippen LogP contribution is 2.26. The largest absolute Gasteiger partial charge is 0.399 e. The molecule has 1 unspecified atom stereocenters. The Hall–Kier alpha value is -0.820. The van der Waals surface area contributed by atoms with Gasteiger partial charge in [0.2, 0.25) is 0 Å². The third kappa shape index (κ3) is 6.80. The van der Waals surface area contributed by atoms with E-state index in [1.165, 1.54) is 0 Å². The first-order valence-electron chi connectivity index (χ1n) is 5.96. The number of hydrogen-bond acceptors (Lipinski definition) is 3. The summed E-state index contributed by atoms with van der Waals surface area (Å²) in [6, 6.07) is 0. The van der Waals surface area contributed by atoms with Crippen molar-refractivity contribution in [2.75, 3.05) is 40.3 Å². The molecular formula is C11H23F3N4. The Morgan fingerprint density at radius 1 is 1.22 bits per heavy atom. The molecule has 0 amide bonds. The predicted molar refractivity (Wildman–Crippen MR) is 66.7 cm³/mol. The SMILES string of the molecule is CCCN(CCN(C)C)CC(C(=N)N)C(F)(F)F. The van der Waals surface area contributed by atoms with Crippen LogP contribution in [-0.2, 0) is 0 Å². The molecule has 0 bridgehead atoms. The summed E-state index contributed by atoms with van der Waals surface area (Å²) >= 11 is 0. The number of halogens is 3. The summed E-state index contributed by atoms with van der Waals surface area (Å²) in [5.74, 6) is -2.68. The first-order valence-corrected chi connectivity index (χ1v) is 5.96. The van der Waals surface area contributed by atoms with Crippen molar-refractivity contribution in [2.45, 2.75) is 19.5 Å². The maximum absolute atomic E-state index is 12.7. The molecule has 0 aromatic heterocycles. The maximum atomic E-state index is 12.7. The van der Waals surface area contributed by atoms with E-state index in [0.717, 1.165) is 6.42 Å². The second kappa shape index (κ2) is 7.58. The Balaban J connectivity index is 4.56. The van der Waals surface area contributed by atoms with Gasteiger partial charge in [-0.1, -0.05) is 6.92 Å². The van der Waals surface area contributed by atoms with Gasteiger partial charge in [-0.05, 0) is 27.1 Å². The number of hydrogen-bond donors (Lipinski definition) is 2. The minimum absolute atomic E-state index is 0.236. The molecular weight excluding hydrogens is 245 g/mol. The quantitative estimate of drug-likeness (QED) is 0.516. The minimum Gasteiger partial charge on any atom is -0.387 e. The average molecular weight is 268 g/mol. The van der Waals surface area contributed by atoms with E-state index in [1.54, 1.807) is 4.90 Å². The molecule has 0 radical (unpaired) electrons. The van der Waals surface area contributed by atoms with Crippen LogP contribution in [0.5, 0.6) is 0 Å². The number of amidine groups is 1. The summed E-state index contributed by atoms with van der Waals surface area (Å²) in [6.07, 6.45) is -3.67. The first-order chi connectivity index (χ1) is 8.18. The molecule has 0 spiro atoms. The molecule has 0 saturated heterocycles. The molecule has 108 valence electrons. The van der Waals surface area contributed by atoms with E-state index < -0.39 is 17.9 Å². The van der Waals surface area contributed by atoms with Gasteiger partial charge in [-0.15, -0.1) is 0 Å². The van der Waals surface area contributed by atoms with Crippen LogP contribution in [0.25, 0.3) is 0 Å². The molecule has 0 heterocycles. The zero-order valence-corrected chi connectivity index (χ0v) is 11.2. The fourth-order valence-corrected chi connectivity index (χ4v) is 1.59. The topological polar surface area (TPSA) is 56.4 Å². The molecule has 7 heteroatoms. The van der Waals surface area contributed by atoms with Gasteiger partial charge < -0.3 is 15.5 Å². The van der Waals surface area contributed by atoms with Crippen LogP contribution >= 0.6 is 0 Å². The molecule has 0 aliphatic heterocycles. The van der Waals surface area contributed by atoms with E-state index in [2.05, 4.69) is 0 Å². The molecule has 0 aliphatic carbocycles. The van der Waals surface area contributed by atoms with Crippen molar-refractivity contribution in [3.8, 4) is 0 Å². The van der Waals surface area contributed by atoms with Crippen molar-refractivity contribution >= 4 is 5.84 Å². The lowest BCUT2D eigenvalue weighted by atomic mass is 10.1. The average Bonchev–Trinajstić information content (AvgIpc) is 2.19. The van der Waals surface area contributed by atoms with Gasteiger partial charge in [0.05, 0.1) is 0 Å². The van der Waals surface area contributed by atoms with E-state index >= 15 is 0 Å². The number of rotatable bonds is 8. The van der Waals surface area contributed by atoms with Crippen LogP contribution in [0.15, 0.2) is 0 Å². The van der Waals surface area contributed by atoms with Crippen molar-refractivity contribution in [3.63, 3.8) is 0 Å². The van der Waals surface area contributed by atoms with Crippen LogP contribution in [0.4, 0.5) is 13.2 Å². The van der Waals surface area contributed by atoms with Crippen LogP contribution in [0.3, 0.4) is 0 Å².